The summed E-state index contributed by atoms with van der Waals surface area (Å²) in [7, 11) is 4.13. The number of unbranched alkanes of at least 4 members (excludes halogenated alkanes) is 23. The van der Waals surface area contributed by atoms with Gasteiger partial charge in [-0.05, 0) is 143 Å². The lowest BCUT2D eigenvalue weighted by Gasteiger charge is -2.26. The van der Waals surface area contributed by atoms with Gasteiger partial charge in [0.05, 0.1) is 6.10 Å². The van der Waals surface area contributed by atoms with Gasteiger partial charge in [0.1, 0.15) is 18.3 Å². The van der Waals surface area contributed by atoms with Crippen LogP contribution in [0.25, 0.3) is 0 Å². The molecule has 1 unspecified atom stereocenters. The van der Waals surface area contributed by atoms with E-state index in [1.54, 1.807) is 0 Å². The Kier molecular flexibility index (Phi) is 47.8. The molecule has 0 aliphatic rings. The van der Waals surface area contributed by atoms with Gasteiger partial charge in [-0.15, -0.1) is 0 Å². The summed E-state index contributed by atoms with van der Waals surface area (Å²) in [5.41, 5.74) is 0. The van der Waals surface area contributed by atoms with Gasteiger partial charge in [0, 0.05) is 25.9 Å². The molecular formula is C58H114N2O7. The second-order valence-electron chi connectivity index (χ2n) is 20.6. The molecule has 9 heteroatoms. The summed E-state index contributed by atoms with van der Waals surface area (Å²) < 4.78 is 18.4. The largest absolute Gasteiger partial charge is 0.462 e. The Hall–Kier alpha value is -1.87. The Morgan fingerprint density at radius 2 is 0.687 bits per heavy atom. The van der Waals surface area contributed by atoms with Crippen molar-refractivity contribution in [1.29, 1.82) is 0 Å². The van der Waals surface area contributed by atoms with Crippen LogP contribution in [0.4, 0.5) is 4.79 Å². The van der Waals surface area contributed by atoms with Crippen molar-refractivity contribution in [2.45, 2.75) is 322 Å². The van der Waals surface area contributed by atoms with Gasteiger partial charge in [0.15, 0.2) is 0 Å². The van der Waals surface area contributed by atoms with E-state index in [9.17, 15) is 19.5 Å². The number of amides is 1. The van der Waals surface area contributed by atoms with Crippen LogP contribution in [-0.2, 0) is 23.8 Å². The van der Waals surface area contributed by atoms with Crippen molar-refractivity contribution < 1.29 is 33.7 Å². The molecule has 67 heavy (non-hydrogen) atoms. The summed E-state index contributed by atoms with van der Waals surface area (Å²) in [5, 5.41) is 10.1. The first-order valence-electron chi connectivity index (χ1n) is 29.3. The van der Waals surface area contributed by atoms with Gasteiger partial charge in [0.25, 0.3) is 0 Å². The Morgan fingerprint density at radius 1 is 0.373 bits per heavy atom. The van der Waals surface area contributed by atoms with Crippen LogP contribution in [0.15, 0.2) is 0 Å². The summed E-state index contributed by atoms with van der Waals surface area (Å²) in [6.45, 7) is 13.2. The molecule has 1 amide bonds. The Morgan fingerprint density at radius 3 is 1.04 bits per heavy atom. The number of nitrogens with zero attached hydrogens (tertiary/aromatic N) is 2. The average Bonchev–Trinajstić information content (AvgIpc) is 3.31. The topological polar surface area (TPSA) is 106 Å². The summed E-state index contributed by atoms with van der Waals surface area (Å²) in [6, 6.07) is 0. The van der Waals surface area contributed by atoms with Crippen LogP contribution in [0.5, 0.6) is 0 Å². The van der Waals surface area contributed by atoms with Crippen LogP contribution < -0.4 is 0 Å². The minimum atomic E-state index is -0.272. The summed E-state index contributed by atoms with van der Waals surface area (Å²) in [4.78, 5) is 43.4. The third-order valence-corrected chi connectivity index (χ3v) is 13.7. The highest BCUT2D eigenvalue weighted by Gasteiger charge is 2.21. The molecule has 0 spiro atoms. The number of rotatable bonds is 51. The molecule has 0 aromatic carbocycles. The monoisotopic (exact) mass is 951 g/mol. The molecule has 0 heterocycles. The summed E-state index contributed by atoms with van der Waals surface area (Å²) in [5.74, 6) is -0.0279. The minimum absolute atomic E-state index is 0.0139. The second kappa shape index (κ2) is 49.1. The Bertz CT molecular complexity index is 1010. The second-order valence-corrected chi connectivity index (χ2v) is 20.6. The highest BCUT2D eigenvalue weighted by molar-refractivity contribution is 5.70. The first-order valence-corrected chi connectivity index (χ1v) is 29.3. The van der Waals surface area contributed by atoms with Crippen LogP contribution in [0.1, 0.15) is 298 Å². The van der Waals surface area contributed by atoms with Crippen molar-refractivity contribution in [2.75, 3.05) is 33.7 Å². The van der Waals surface area contributed by atoms with Gasteiger partial charge in [-0.2, -0.15) is 0 Å². The lowest BCUT2D eigenvalue weighted by atomic mass is 10.0. The Labute approximate surface area is 416 Å². The summed E-state index contributed by atoms with van der Waals surface area (Å²) in [6.07, 6.45) is 42.7. The smallest absolute Gasteiger partial charge is 0.410 e. The zero-order chi connectivity index (χ0) is 49.4. The van der Waals surface area contributed by atoms with E-state index < -0.39 is 0 Å². The zero-order valence-electron chi connectivity index (χ0n) is 45.7. The molecule has 0 bridgehead atoms. The lowest BCUT2D eigenvalue weighted by Crippen LogP contribution is -2.37. The van der Waals surface area contributed by atoms with E-state index in [4.69, 9.17) is 14.2 Å². The maximum absolute atomic E-state index is 13.7. The number of hydrogen-bond acceptors (Lipinski definition) is 8. The molecule has 9 nitrogen and oxygen atoms in total. The maximum atomic E-state index is 13.7. The zero-order valence-corrected chi connectivity index (χ0v) is 45.7. The van der Waals surface area contributed by atoms with Crippen LogP contribution in [0.3, 0.4) is 0 Å². The predicted octanol–water partition coefficient (Wildman–Crippen LogP) is 16.6. The number of aliphatic hydroxyl groups is 1. The van der Waals surface area contributed by atoms with E-state index in [0.717, 1.165) is 180 Å². The fourth-order valence-corrected chi connectivity index (χ4v) is 9.14. The molecule has 1 N–H and O–H groups in total. The predicted molar refractivity (Wildman–Crippen MR) is 284 cm³/mol. The molecule has 398 valence electrons. The first-order chi connectivity index (χ1) is 32.6. The van der Waals surface area contributed by atoms with Crippen LogP contribution in [0.2, 0.25) is 0 Å². The highest BCUT2D eigenvalue weighted by Crippen LogP contribution is 2.22. The Balaban J connectivity index is 5.04. The van der Waals surface area contributed by atoms with Crippen molar-refractivity contribution >= 4 is 18.0 Å². The van der Waals surface area contributed by atoms with Gasteiger partial charge in [-0.3, -0.25) is 9.59 Å². The molecule has 0 aliphatic heterocycles. The number of esters is 2. The quantitative estimate of drug-likeness (QED) is 0.0365. The van der Waals surface area contributed by atoms with E-state index in [0.29, 0.717) is 25.9 Å². The fourth-order valence-electron chi connectivity index (χ4n) is 9.14. The van der Waals surface area contributed by atoms with E-state index in [1.807, 2.05) is 11.8 Å². The van der Waals surface area contributed by atoms with E-state index in [1.165, 1.54) is 77.0 Å². The van der Waals surface area contributed by atoms with Gasteiger partial charge >= 0.3 is 18.0 Å². The van der Waals surface area contributed by atoms with Gasteiger partial charge in [-0.25, -0.2) is 4.79 Å². The standard InChI is InChI=1S/C58H114N2O7/c1-8-13-17-29-41-53(42-30-18-14-9-2)65-56(62)47-35-27-23-21-25-33-45-55(67-58(64)60(51-39-49-59(6)7)50-38-37-40-52(61)12-5)46-34-26-22-24-28-36-48-57(63)66-54(43-31-19-15-10-3)44-32-20-16-11-4/h52-55,61H,8-51H2,1-7H3. The number of carbonyl (C=O) groups is 3. The highest BCUT2D eigenvalue weighted by atomic mass is 16.6. The van der Waals surface area contributed by atoms with E-state index >= 15 is 0 Å². The lowest BCUT2D eigenvalue weighted by molar-refractivity contribution is -0.151. The van der Waals surface area contributed by atoms with Crippen LogP contribution >= 0.6 is 0 Å². The third-order valence-electron chi connectivity index (χ3n) is 13.7. The molecule has 0 aromatic heterocycles. The van der Waals surface area contributed by atoms with Gasteiger partial charge in [0.2, 0.25) is 0 Å². The SMILES string of the molecule is CCCCCCC(CCCCCC)OC(=O)CCCCCCCCC(CCCCCCCCC(=O)OC(CCCCCC)CCCCCC)OC(=O)N(CCCCC(O)CC)CCCN(C)C. The molecule has 0 rings (SSSR count). The minimum Gasteiger partial charge on any atom is -0.462 e. The van der Waals surface area contributed by atoms with Crippen molar-refractivity contribution in [2.24, 2.45) is 0 Å². The van der Waals surface area contributed by atoms with Crippen molar-refractivity contribution in [3.8, 4) is 0 Å². The third kappa shape index (κ3) is 43.9. The molecule has 0 radical (unpaired) electrons. The fraction of sp³-hybridized carbons (Fsp3) is 0.948. The van der Waals surface area contributed by atoms with Crippen LogP contribution in [-0.4, -0.2) is 91.1 Å². The van der Waals surface area contributed by atoms with Crippen LogP contribution in [0, 0.1) is 0 Å². The number of hydrogen-bond donors (Lipinski definition) is 1. The average molecular weight is 952 g/mol. The van der Waals surface area contributed by atoms with E-state index in [-0.39, 0.29) is 42.4 Å². The number of ether oxygens (including phenoxy) is 3. The van der Waals surface area contributed by atoms with Gasteiger partial charge < -0.3 is 29.1 Å². The molecule has 0 saturated heterocycles. The molecule has 0 aliphatic carbocycles. The normalized spacial score (nSPS) is 12.2. The number of carbonyl (C=O) groups excluding carboxylic acids is 3. The number of aliphatic hydroxyl groups excluding tert-OH is 1. The molecule has 0 fully saturated rings. The summed E-state index contributed by atoms with van der Waals surface area (Å²) >= 11 is 0. The van der Waals surface area contributed by atoms with Crippen molar-refractivity contribution in [3.05, 3.63) is 0 Å². The van der Waals surface area contributed by atoms with E-state index in [2.05, 4.69) is 46.7 Å². The molecule has 0 aromatic rings. The molecular weight excluding hydrogens is 837 g/mol. The first kappa shape index (κ1) is 65.1. The van der Waals surface area contributed by atoms with Gasteiger partial charge in [-0.1, -0.05) is 163 Å². The molecule has 0 saturated carbocycles. The maximum Gasteiger partial charge on any atom is 0.410 e. The van der Waals surface area contributed by atoms with Crippen molar-refractivity contribution in [3.63, 3.8) is 0 Å². The van der Waals surface area contributed by atoms with Crippen molar-refractivity contribution in [1.82, 2.24) is 9.80 Å². The molecule has 1 atom stereocenters.